The summed E-state index contributed by atoms with van der Waals surface area (Å²) in [5.41, 5.74) is 0.853. The van der Waals surface area contributed by atoms with Gasteiger partial charge in [0.25, 0.3) is 0 Å². The van der Waals surface area contributed by atoms with Gasteiger partial charge in [0.15, 0.2) is 0 Å². The van der Waals surface area contributed by atoms with E-state index in [1.165, 1.54) is 6.33 Å². The number of hydrogen-bond acceptors (Lipinski definition) is 5. The summed E-state index contributed by atoms with van der Waals surface area (Å²) in [7, 11) is 0. The SMILES string of the molecule is CCN(c1ncnc2ccccc12)C1COCC1C(=O)O. The molecule has 2 aromatic rings. The number of para-hydroxylation sites is 1. The maximum atomic E-state index is 11.4. The molecule has 6 heteroatoms. The Morgan fingerprint density at radius 2 is 2.19 bits per heavy atom. The van der Waals surface area contributed by atoms with Crippen LogP contribution in [0.1, 0.15) is 6.92 Å². The van der Waals surface area contributed by atoms with Gasteiger partial charge in [0, 0.05) is 11.9 Å². The average Bonchev–Trinajstić information content (AvgIpc) is 2.98. The molecule has 6 nitrogen and oxygen atoms in total. The average molecular weight is 287 g/mol. The number of nitrogens with zero attached hydrogens (tertiary/aromatic N) is 3. The van der Waals surface area contributed by atoms with Crippen molar-refractivity contribution in [2.45, 2.75) is 13.0 Å². The Kier molecular flexibility index (Phi) is 3.70. The Labute approximate surface area is 122 Å². The normalized spacial score (nSPS) is 21.6. The number of aromatic nitrogens is 2. The van der Waals surface area contributed by atoms with E-state index in [1.54, 1.807) is 0 Å². The summed E-state index contributed by atoms with van der Waals surface area (Å²) in [4.78, 5) is 22.0. The van der Waals surface area contributed by atoms with Crippen LogP contribution >= 0.6 is 0 Å². The van der Waals surface area contributed by atoms with Gasteiger partial charge < -0.3 is 14.7 Å². The first kappa shape index (κ1) is 13.8. The first-order chi connectivity index (χ1) is 10.2. The van der Waals surface area contributed by atoms with E-state index >= 15 is 0 Å². The molecule has 110 valence electrons. The number of carboxylic acid groups (broad SMARTS) is 1. The van der Waals surface area contributed by atoms with Gasteiger partial charge in [0.1, 0.15) is 18.1 Å². The highest BCUT2D eigenvalue weighted by Gasteiger charge is 2.38. The first-order valence-corrected chi connectivity index (χ1v) is 6.99. The van der Waals surface area contributed by atoms with Crippen molar-refractivity contribution in [2.75, 3.05) is 24.7 Å². The smallest absolute Gasteiger partial charge is 0.311 e. The van der Waals surface area contributed by atoms with Crippen LogP contribution in [0.4, 0.5) is 5.82 Å². The topological polar surface area (TPSA) is 75.5 Å². The van der Waals surface area contributed by atoms with Crippen LogP contribution in [-0.2, 0) is 9.53 Å². The molecule has 1 aliphatic heterocycles. The van der Waals surface area contributed by atoms with Crippen LogP contribution in [0.5, 0.6) is 0 Å². The third-order valence-corrected chi connectivity index (χ3v) is 3.90. The van der Waals surface area contributed by atoms with E-state index in [0.29, 0.717) is 13.2 Å². The molecular formula is C15H17N3O3. The summed E-state index contributed by atoms with van der Waals surface area (Å²) in [6.45, 7) is 3.32. The highest BCUT2D eigenvalue weighted by Crippen LogP contribution is 2.29. The molecule has 0 saturated carbocycles. The molecule has 0 spiro atoms. The highest BCUT2D eigenvalue weighted by atomic mass is 16.5. The van der Waals surface area contributed by atoms with E-state index in [9.17, 15) is 9.90 Å². The molecule has 21 heavy (non-hydrogen) atoms. The van der Waals surface area contributed by atoms with Crippen LogP contribution in [0.3, 0.4) is 0 Å². The quantitative estimate of drug-likeness (QED) is 0.919. The lowest BCUT2D eigenvalue weighted by molar-refractivity contribution is -0.141. The molecule has 2 unspecified atom stereocenters. The summed E-state index contributed by atoms with van der Waals surface area (Å²) < 4.78 is 5.38. The maximum absolute atomic E-state index is 11.4. The zero-order valence-corrected chi connectivity index (χ0v) is 11.8. The summed E-state index contributed by atoms with van der Waals surface area (Å²) in [5, 5.41) is 10.3. The van der Waals surface area contributed by atoms with Gasteiger partial charge in [-0.15, -0.1) is 0 Å². The van der Waals surface area contributed by atoms with Gasteiger partial charge in [-0.1, -0.05) is 12.1 Å². The van der Waals surface area contributed by atoms with Crippen LogP contribution in [0.25, 0.3) is 10.9 Å². The summed E-state index contributed by atoms with van der Waals surface area (Å²) in [5.74, 6) is -0.585. The van der Waals surface area contributed by atoms with Gasteiger partial charge in [-0.05, 0) is 19.1 Å². The fourth-order valence-corrected chi connectivity index (χ4v) is 2.85. The first-order valence-electron chi connectivity index (χ1n) is 6.99. The fraction of sp³-hybridized carbons (Fsp3) is 0.400. The molecule has 2 heterocycles. The van der Waals surface area contributed by atoms with Gasteiger partial charge >= 0.3 is 5.97 Å². The second-order valence-electron chi connectivity index (χ2n) is 5.05. The van der Waals surface area contributed by atoms with Crippen molar-refractivity contribution in [2.24, 2.45) is 5.92 Å². The van der Waals surface area contributed by atoms with E-state index in [-0.39, 0.29) is 12.6 Å². The number of benzene rings is 1. The van der Waals surface area contributed by atoms with Crippen LogP contribution < -0.4 is 4.90 Å². The van der Waals surface area contributed by atoms with Crippen LogP contribution in [0, 0.1) is 5.92 Å². The molecule has 3 rings (SSSR count). The summed E-state index contributed by atoms with van der Waals surface area (Å²) in [6.07, 6.45) is 1.52. The minimum absolute atomic E-state index is 0.203. The minimum Gasteiger partial charge on any atom is -0.481 e. The molecule has 1 N–H and O–H groups in total. The fourth-order valence-electron chi connectivity index (χ4n) is 2.85. The Hall–Kier alpha value is -2.21. The predicted octanol–water partition coefficient (Wildman–Crippen LogP) is 1.56. The van der Waals surface area contributed by atoms with E-state index in [1.807, 2.05) is 36.1 Å². The molecule has 1 aromatic heterocycles. The van der Waals surface area contributed by atoms with Crippen molar-refractivity contribution < 1.29 is 14.6 Å². The maximum Gasteiger partial charge on any atom is 0.311 e. The van der Waals surface area contributed by atoms with E-state index in [4.69, 9.17) is 4.74 Å². The number of ether oxygens (including phenoxy) is 1. The third kappa shape index (κ3) is 2.42. The number of carboxylic acids is 1. The van der Waals surface area contributed by atoms with E-state index < -0.39 is 11.9 Å². The van der Waals surface area contributed by atoms with Gasteiger partial charge in [-0.2, -0.15) is 0 Å². The van der Waals surface area contributed by atoms with Crippen molar-refractivity contribution in [3.8, 4) is 0 Å². The number of aliphatic carboxylic acids is 1. The minimum atomic E-state index is -0.825. The van der Waals surface area contributed by atoms with Crippen molar-refractivity contribution in [1.82, 2.24) is 9.97 Å². The van der Waals surface area contributed by atoms with Crippen LogP contribution in [-0.4, -0.2) is 46.8 Å². The standard InChI is InChI=1S/C15H17N3O3/c1-2-18(13-8-21-7-11(13)15(19)20)14-10-5-3-4-6-12(10)16-9-17-14/h3-6,9,11,13H,2,7-8H2,1H3,(H,19,20). The number of rotatable bonds is 4. The zero-order chi connectivity index (χ0) is 14.8. The lowest BCUT2D eigenvalue weighted by atomic mass is 10.0. The number of anilines is 1. The number of fused-ring (bicyclic) bond motifs is 1. The molecule has 0 aliphatic carbocycles. The number of likely N-dealkylation sites (N-methyl/N-ethyl adjacent to an activating group) is 1. The van der Waals surface area contributed by atoms with Crippen LogP contribution in [0.2, 0.25) is 0 Å². The lowest BCUT2D eigenvalue weighted by Gasteiger charge is -2.31. The monoisotopic (exact) mass is 287 g/mol. The van der Waals surface area contributed by atoms with Crippen LogP contribution in [0.15, 0.2) is 30.6 Å². The molecule has 1 fully saturated rings. The summed E-state index contributed by atoms with van der Waals surface area (Å²) in [6, 6.07) is 7.54. The largest absolute Gasteiger partial charge is 0.481 e. The van der Waals surface area contributed by atoms with Crippen molar-refractivity contribution in [3.63, 3.8) is 0 Å². The van der Waals surface area contributed by atoms with Crippen molar-refractivity contribution in [1.29, 1.82) is 0 Å². The Morgan fingerprint density at radius 3 is 2.95 bits per heavy atom. The summed E-state index contributed by atoms with van der Waals surface area (Å²) >= 11 is 0. The molecule has 0 radical (unpaired) electrons. The molecule has 1 aliphatic rings. The van der Waals surface area contributed by atoms with Gasteiger partial charge in [0.2, 0.25) is 0 Å². The molecule has 2 atom stereocenters. The van der Waals surface area contributed by atoms with Gasteiger partial charge in [0.05, 0.1) is 24.8 Å². The van der Waals surface area contributed by atoms with E-state index in [0.717, 1.165) is 16.7 Å². The number of carbonyl (C=O) groups is 1. The van der Waals surface area contributed by atoms with Gasteiger partial charge in [-0.3, -0.25) is 4.79 Å². The molecular weight excluding hydrogens is 270 g/mol. The second-order valence-corrected chi connectivity index (χ2v) is 5.05. The molecule has 0 amide bonds. The molecule has 0 bridgehead atoms. The van der Waals surface area contributed by atoms with Crippen molar-refractivity contribution >= 4 is 22.7 Å². The second kappa shape index (κ2) is 5.65. The zero-order valence-electron chi connectivity index (χ0n) is 11.8. The lowest BCUT2D eigenvalue weighted by Crippen LogP contribution is -2.43. The Bertz CT molecular complexity index is 656. The number of hydrogen-bond donors (Lipinski definition) is 1. The predicted molar refractivity (Wildman–Crippen MR) is 78.3 cm³/mol. The molecule has 1 aromatic carbocycles. The molecule has 1 saturated heterocycles. The third-order valence-electron chi connectivity index (χ3n) is 3.90. The Morgan fingerprint density at radius 1 is 1.38 bits per heavy atom. The Balaban J connectivity index is 2.04. The van der Waals surface area contributed by atoms with Crippen molar-refractivity contribution in [3.05, 3.63) is 30.6 Å². The van der Waals surface area contributed by atoms with E-state index in [2.05, 4.69) is 9.97 Å². The highest BCUT2D eigenvalue weighted by molar-refractivity contribution is 5.89. The van der Waals surface area contributed by atoms with Gasteiger partial charge in [-0.25, -0.2) is 9.97 Å².